The molecule has 0 atom stereocenters. The number of rotatable bonds is 5. The summed E-state index contributed by atoms with van der Waals surface area (Å²) in [6, 6.07) is 0.0868. The number of alkyl halides is 3. The maximum absolute atomic E-state index is 12.5. The van der Waals surface area contributed by atoms with Crippen molar-refractivity contribution in [2.75, 3.05) is 37.3 Å². The fourth-order valence-electron chi connectivity index (χ4n) is 3.21. The fraction of sp³-hybridized carbons (Fsp3) is 0.562. The number of anilines is 3. The predicted octanol–water partition coefficient (Wildman–Crippen LogP) is 3.73. The van der Waals surface area contributed by atoms with E-state index in [4.69, 9.17) is 0 Å². The molecule has 1 saturated heterocycles. The lowest BCUT2D eigenvalue weighted by Gasteiger charge is -2.32. The first kappa shape index (κ1) is 19.9. The quantitative estimate of drug-likeness (QED) is 0.727. The van der Waals surface area contributed by atoms with Gasteiger partial charge in [0.2, 0.25) is 5.95 Å². The zero-order valence-electron chi connectivity index (χ0n) is 15.0. The van der Waals surface area contributed by atoms with Crippen LogP contribution in [0.25, 0.3) is 0 Å². The van der Waals surface area contributed by atoms with E-state index in [1.54, 1.807) is 19.4 Å². The van der Waals surface area contributed by atoms with E-state index in [0.29, 0.717) is 37.7 Å². The van der Waals surface area contributed by atoms with E-state index in [1.165, 1.54) is 4.90 Å². The fourth-order valence-corrected chi connectivity index (χ4v) is 3.60. The van der Waals surface area contributed by atoms with Crippen LogP contribution in [0.2, 0.25) is 0 Å². The Morgan fingerprint density at radius 3 is 2.59 bits per heavy atom. The average Bonchev–Trinajstić information content (AvgIpc) is 2.96. The minimum atomic E-state index is -4.15. The highest BCUT2D eigenvalue weighted by molar-refractivity contribution is 9.10. The molecule has 2 aromatic rings. The van der Waals surface area contributed by atoms with Crippen molar-refractivity contribution in [2.24, 2.45) is 0 Å². The largest absolute Gasteiger partial charge is 0.401 e. The Hall–Kier alpha value is -1.88. The van der Waals surface area contributed by atoms with E-state index < -0.39 is 12.7 Å². The molecule has 0 saturated carbocycles. The number of hydrogen-bond donors (Lipinski definition) is 2. The van der Waals surface area contributed by atoms with Crippen molar-refractivity contribution in [2.45, 2.75) is 32.0 Å². The summed E-state index contributed by atoms with van der Waals surface area (Å²) in [6.45, 7) is 1.90. The van der Waals surface area contributed by atoms with Crippen molar-refractivity contribution in [1.82, 2.24) is 24.6 Å². The van der Waals surface area contributed by atoms with E-state index in [9.17, 15) is 13.2 Å². The Kier molecular flexibility index (Phi) is 5.89. The number of aromatic nitrogens is 4. The van der Waals surface area contributed by atoms with Gasteiger partial charge < -0.3 is 10.6 Å². The first-order valence-corrected chi connectivity index (χ1v) is 9.36. The summed E-state index contributed by atoms with van der Waals surface area (Å²) in [6.07, 6.45) is 0.467. The third kappa shape index (κ3) is 4.89. The highest BCUT2D eigenvalue weighted by atomic mass is 79.9. The molecule has 3 rings (SSSR count). The molecule has 7 nitrogen and oxygen atoms in total. The van der Waals surface area contributed by atoms with Gasteiger partial charge in [-0.2, -0.15) is 23.3 Å². The average molecular weight is 448 g/mol. The minimum Gasteiger partial charge on any atom is -0.372 e. The van der Waals surface area contributed by atoms with Gasteiger partial charge in [-0.3, -0.25) is 9.58 Å². The van der Waals surface area contributed by atoms with Crippen molar-refractivity contribution >= 4 is 33.4 Å². The van der Waals surface area contributed by atoms with Crippen LogP contribution in [-0.4, -0.2) is 57.5 Å². The van der Waals surface area contributed by atoms with Crippen molar-refractivity contribution in [1.29, 1.82) is 0 Å². The van der Waals surface area contributed by atoms with Crippen molar-refractivity contribution in [3.05, 3.63) is 22.6 Å². The van der Waals surface area contributed by atoms with Gasteiger partial charge >= 0.3 is 6.18 Å². The number of piperidine rings is 1. The molecule has 0 radical (unpaired) electrons. The Morgan fingerprint density at radius 2 is 1.96 bits per heavy atom. The Bertz CT molecular complexity index is 785. The lowest BCUT2D eigenvalue weighted by atomic mass is 10.0. The maximum atomic E-state index is 12.5. The second-order valence-electron chi connectivity index (χ2n) is 6.48. The summed E-state index contributed by atoms with van der Waals surface area (Å²) in [7, 11) is 1.77. The number of halogens is 4. The summed E-state index contributed by atoms with van der Waals surface area (Å²) in [5.41, 5.74) is 1.68. The molecular weight excluding hydrogens is 427 g/mol. The van der Waals surface area contributed by atoms with Gasteiger partial charge in [-0.25, -0.2) is 4.98 Å². The summed E-state index contributed by atoms with van der Waals surface area (Å²) < 4.78 is 40.2. The molecule has 0 bridgehead atoms. The summed E-state index contributed by atoms with van der Waals surface area (Å²) in [4.78, 5) is 10.0. The highest BCUT2D eigenvalue weighted by Crippen LogP contribution is 2.29. The van der Waals surface area contributed by atoms with E-state index in [1.807, 2.05) is 11.6 Å². The monoisotopic (exact) mass is 447 g/mol. The van der Waals surface area contributed by atoms with Gasteiger partial charge in [0.05, 0.1) is 34.6 Å². The summed E-state index contributed by atoms with van der Waals surface area (Å²) >= 11 is 3.36. The molecule has 3 heterocycles. The Balaban J connectivity index is 1.66. The molecule has 148 valence electrons. The van der Waals surface area contributed by atoms with Gasteiger partial charge in [0.25, 0.3) is 0 Å². The molecule has 1 fully saturated rings. The van der Waals surface area contributed by atoms with Crippen LogP contribution in [0.1, 0.15) is 24.6 Å². The molecule has 2 N–H and O–H groups in total. The lowest BCUT2D eigenvalue weighted by Crippen LogP contribution is -2.40. The van der Waals surface area contributed by atoms with Crippen LogP contribution in [-0.2, 0) is 0 Å². The SMILES string of the molecule is CNc1nc(Nc2cnn(C3CCN(CC(F)(F)F)CC3)c2C)ncc1Br. The van der Waals surface area contributed by atoms with E-state index in [-0.39, 0.29) is 6.04 Å². The van der Waals surface area contributed by atoms with Crippen LogP contribution in [0.5, 0.6) is 0 Å². The van der Waals surface area contributed by atoms with Crippen LogP contribution in [0, 0.1) is 6.92 Å². The molecule has 0 unspecified atom stereocenters. The van der Waals surface area contributed by atoms with E-state index in [0.717, 1.165) is 15.9 Å². The van der Waals surface area contributed by atoms with Crippen LogP contribution in [0.3, 0.4) is 0 Å². The smallest absolute Gasteiger partial charge is 0.372 e. The van der Waals surface area contributed by atoms with Crippen molar-refractivity contribution < 1.29 is 13.2 Å². The van der Waals surface area contributed by atoms with Gasteiger partial charge in [0.1, 0.15) is 5.82 Å². The van der Waals surface area contributed by atoms with Crippen LogP contribution < -0.4 is 10.6 Å². The second kappa shape index (κ2) is 8.01. The molecule has 1 aliphatic heterocycles. The van der Waals surface area contributed by atoms with E-state index >= 15 is 0 Å². The van der Waals surface area contributed by atoms with Crippen LogP contribution in [0.4, 0.5) is 30.6 Å². The van der Waals surface area contributed by atoms with Crippen LogP contribution in [0.15, 0.2) is 16.9 Å². The molecule has 11 heteroatoms. The molecule has 2 aromatic heterocycles. The highest BCUT2D eigenvalue weighted by Gasteiger charge is 2.33. The minimum absolute atomic E-state index is 0.0868. The van der Waals surface area contributed by atoms with E-state index in [2.05, 4.69) is 41.6 Å². The second-order valence-corrected chi connectivity index (χ2v) is 7.33. The third-order valence-corrected chi connectivity index (χ3v) is 5.16. The molecule has 0 spiro atoms. The lowest BCUT2D eigenvalue weighted by molar-refractivity contribution is -0.148. The number of nitrogens with one attached hydrogen (secondary N) is 2. The van der Waals surface area contributed by atoms with Gasteiger partial charge in [0, 0.05) is 26.3 Å². The molecule has 0 aromatic carbocycles. The molecular formula is C16H21BrF3N7. The standard InChI is InChI=1S/C16H21BrF3N7/c1-10-13(24-15-22-7-12(17)14(21-2)25-15)8-23-27(10)11-3-5-26(6-4-11)9-16(18,19)20/h7-8,11H,3-6,9H2,1-2H3,(H2,21,22,24,25). The number of nitrogens with zero attached hydrogens (tertiary/aromatic N) is 5. The predicted molar refractivity (Wildman–Crippen MR) is 100 cm³/mol. The third-order valence-electron chi connectivity index (χ3n) is 4.58. The van der Waals surface area contributed by atoms with Gasteiger partial charge in [0.15, 0.2) is 0 Å². The first-order valence-electron chi connectivity index (χ1n) is 8.57. The summed E-state index contributed by atoms with van der Waals surface area (Å²) in [5.74, 6) is 1.10. The Morgan fingerprint density at radius 1 is 1.26 bits per heavy atom. The van der Waals surface area contributed by atoms with Crippen molar-refractivity contribution in [3.8, 4) is 0 Å². The number of likely N-dealkylation sites (tertiary alicyclic amines) is 1. The molecule has 1 aliphatic rings. The Labute approximate surface area is 163 Å². The van der Waals surface area contributed by atoms with Crippen LogP contribution >= 0.6 is 15.9 Å². The normalized spacial score (nSPS) is 16.5. The molecule has 0 amide bonds. The molecule has 27 heavy (non-hydrogen) atoms. The topological polar surface area (TPSA) is 70.9 Å². The van der Waals surface area contributed by atoms with Crippen molar-refractivity contribution in [3.63, 3.8) is 0 Å². The summed E-state index contributed by atoms with van der Waals surface area (Å²) in [5, 5.41) is 10.5. The van der Waals surface area contributed by atoms with Gasteiger partial charge in [-0.1, -0.05) is 0 Å². The van der Waals surface area contributed by atoms with Gasteiger partial charge in [-0.15, -0.1) is 0 Å². The van der Waals surface area contributed by atoms with Gasteiger partial charge in [-0.05, 0) is 35.7 Å². The zero-order valence-corrected chi connectivity index (χ0v) is 16.6. The maximum Gasteiger partial charge on any atom is 0.401 e. The molecule has 0 aliphatic carbocycles. The zero-order chi connectivity index (χ0) is 19.6. The number of hydrogen-bond acceptors (Lipinski definition) is 6. The first-order chi connectivity index (χ1) is 12.8.